The Morgan fingerprint density at radius 2 is 2.00 bits per heavy atom. The predicted octanol–water partition coefficient (Wildman–Crippen LogP) is 2.05. The summed E-state index contributed by atoms with van der Waals surface area (Å²) in [6.07, 6.45) is 2.40. The molecule has 1 heterocycles. The first-order valence-corrected chi connectivity index (χ1v) is 8.08. The van der Waals surface area contributed by atoms with Crippen LogP contribution in [0.3, 0.4) is 0 Å². The second-order valence-electron chi connectivity index (χ2n) is 5.55. The largest absolute Gasteiger partial charge is 0.486 e. The lowest BCUT2D eigenvalue weighted by molar-refractivity contribution is -0.119. The normalized spacial score (nSPS) is 10.4. The highest BCUT2D eigenvalue weighted by Crippen LogP contribution is 2.18. The molecule has 0 aliphatic carbocycles. The van der Waals surface area contributed by atoms with Crippen LogP contribution in [0, 0.1) is 0 Å². The molecule has 7 nitrogen and oxygen atoms in total. The summed E-state index contributed by atoms with van der Waals surface area (Å²) in [5, 5.41) is 5.05. The summed E-state index contributed by atoms with van der Waals surface area (Å²) >= 11 is 4.94. The summed E-state index contributed by atoms with van der Waals surface area (Å²) in [6.45, 7) is 4.07. The van der Waals surface area contributed by atoms with Gasteiger partial charge in [-0.15, -0.1) is 0 Å². The maximum Gasteiger partial charge on any atom is 0.294 e. The van der Waals surface area contributed by atoms with Gasteiger partial charge in [-0.3, -0.25) is 14.9 Å². The van der Waals surface area contributed by atoms with Crippen molar-refractivity contribution in [3.8, 4) is 5.75 Å². The Bertz CT molecular complexity index is 727. The Hall–Kier alpha value is -2.74. The number of rotatable bonds is 7. The zero-order valence-corrected chi connectivity index (χ0v) is 14.8. The van der Waals surface area contributed by atoms with Gasteiger partial charge in [-0.1, -0.05) is 26.0 Å². The van der Waals surface area contributed by atoms with E-state index in [4.69, 9.17) is 21.4 Å². The molecule has 0 radical (unpaired) electrons. The topological polar surface area (TPSA) is 93.5 Å². The smallest absolute Gasteiger partial charge is 0.294 e. The first-order chi connectivity index (χ1) is 12.0. The summed E-state index contributed by atoms with van der Waals surface area (Å²) in [5.74, 6) is 0.351. The standard InChI is InChI=1S/C17H19N3O4S/c1-11(2)12-3-5-14(6-4-12)23-9-13(21)7-19-17(25)20-16(22)15-8-18-10-24-15/h3-6,8,10-11H,7,9H2,1-2H3,(H2,19,20,22,25). The number of ether oxygens (including phenoxy) is 1. The van der Waals surface area contributed by atoms with Crippen molar-refractivity contribution in [2.24, 2.45) is 0 Å². The van der Waals surface area contributed by atoms with E-state index < -0.39 is 5.91 Å². The van der Waals surface area contributed by atoms with Crippen LogP contribution in [0.15, 0.2) is 41.3 Å². The summed E-state index contributed by atoms with van der Waals surface area (Å²) in [5.41, 5.74) is 1.20. The van der Waals surface area contributed by atoms with Crippen LogP contribution >= 0.6 is 12.2 Å². The van der Waals surface area contributed by atoms with Crippen molar-refractivity contribution in [3.63, 3.8) is 0 Å². The van der Waals surface area contributed by atoms with Crippen molar-refractivity contribution in [1.29, 1.82) is 0 Å². The van der Waals surface area contributed by atoms with Crippen LogP contribution in [-0.4, -0.2) is 34.9 Å². The Kier molecular flexibility index (Phi) is 6.64. The Labute approximate surface area is 150 Å². The van der Waals surface area contributed by atoms with Crippen molar-refractivity contribution in [1.82, 2.24) is 15.6 Å². The third-order valence-electron chi connectivity index (χ3n) is 3.28. The minimum absolute atomic E-state index is 0.0241. The summed E-state index contributed by atoms with van der Waals surface area (Å²) in [4.78, 5) is 27.1. The molecule has 2 N–H and O–H groups in total. The van der Waals surface area contributed by atoms with Gasteiger partial charge < -0.3 is 14.5 Å². The minimum atomic E-state index is -0.538. The number of nitrogens with zero attached hydrogens (tertiary/aromatic N) is 1. The molecular weight excluding hydrogens is 342 g/mol. The molecule has 0 aliphatic rings. The minimum Gasteiger partial charge on any atom is -0.486 e. The average Bonchev–Trinajstić information content (AvgIpc) is 3.13. The zero-order chi connectivity index (χ0) is 18.2. The van der Waals surface area contributed by atoms with Crippen molar-refractivity contribution in [2.75, 3.05) is 13.2 Å². The van der Waals surface area contributed by atoms with Crippen LogP contribution in [0.2, 0.25) is 0 Å². The number of carbonyl (C=O) groups is 2. The SMILES string of the molecule is CC(C)c1ccc(OCC(=O)CNC(=S)NC(=O)c2cnco2)cc1. The van der Waals surface area contributed by atoms with E-state index in [0.29, 0.717) is 11.7 Å². The number of oxazole rings is 1. The van der Waals surface area contributed by atoms with Crippen LogP contribution < -0.4 is 15.4 Å². The highest BCUT2D eigenvalue weighted by Gasteiger charge is 2.12. The molecule has 0 saturated heterocycles. The van der Waals surface area contributed by atoms with Gasteiger partial charge >= 0.3 is 0 Å². The van der Waals surface area contributed by atoms with Gasteiger partial charge in [0.15, 0.2) is 17.3 Å². The second-order valence-corrected chi connectivity index (χ2v) is 5.96. The number of aromatic nitrogens is 1. The molecule has 1 amide bonds. The number of ketones is 1. The highest BCUT2D eigenvalue weighted by atomic mass is 32.1. The third-order valence-corrected chi connectivity index (χ3v) is 3.52. The van der Waals surface area contributed by atoms with Crippen LogP contribution in [0.4, 0.5) is 0 Å². The fraction of sp³-hybridized carbons (Fsp3) is 0.294. The van der Waals surface area contributed by atoms with E-state index in [1.165, 1.54) is 11.8 Å². The van der Waals surface area contributed by atoms with E-state index in [-0.39, 0.29) is 29.8 Å². The van der Waals surface area contributed by atoms with E-state index in [1.807, 2.05) is 24.3 Å². The molecule has 25 heavy (non-hydrogen) atoms. The van der Waals surface area contributed by atoms with E-state index in [2.05, 4.69) is 29.5 Å². The molecule has 8 heteroatoms. The number of hydrogen-bond donors (Lipinski definition) is 2. The lowest BCUT2D eigenvalue weighted by Gasteiger charge is -2.10. The number of Topliss-reactive ketones (excluding diaryl/α,β-unsaturated/α-hetero) is 1. The zero-order valence-electron chi connectivity index (χ0n) is 13.9. The third kappa shape index (κ3) is 6.00. The van der Waals surface area contributed by atoms with Gasteiger partial charge in [0.25, 0.3) is 5.91 Å². The summed E-state index contributed by atoms with van der Waals surface area (Å²) in [6, 6.07) is 7.60. The molecular formula is C17H19N3O4S. The Balaban J connectivity index is 1.69. The maximum atomic E-state index is 11.8. The number of amides is 1. The number of nitrogens with one attached hydrogen (secondary N) is 2. The van der Waals surface area contributed by atoms with Crippen LogP contribution in [0.25, 0.3) is 0 Å². The van der Waals surface area contributed by atoms with Crippen molar-refractivity contribution >= 4 is 29.0 Å². The van der Waals surface area contributed by atoms with E-state index in [1.54, 1.807) is 0 Å². The molecule has 0 saturated carbocycles. The Morgan fingerprint density at radius 3 is 2.60 bits per heavy atom. The quantitative estimate of drug-likeness (QED) is 0.729. The lowest BCUT2D eigenvalue weighted by Crippen LogP contribution is -2.42. The van der Waals surface area contributed by atoms with Gasteiger partial charge in [-0.2, -0.15) is 0 Å². The van der Waals surface area contributed by atoms with Gasteiger partial charge in [0.2, 0.25) is 5.76 Å². The fourth-order valence-electron chi connectivity index (χ4n) is 1.88. The van der Waals surface area contributed by atoms with Gasteiger partial charge in [0, 0.05) is 0 Å². The Morgan fingerprint density at radius 1 is 1.28 bits per heavy atom. The summed E-state index contributed by atoms with van der Waals surface area (Å²) in [7, 11) is 0. The van der Waals surface area contributed by atoms with Crippen molar-refractivity contribution in [3.05, 3.63) is 48.2 Å². The molecule has 0 atom stereocenters. The van der Waals surface area contributed by atoms with Crippen LogP contribution in [0.1, 0.15) is 35.9 Å². The molecule has 0 unspecified atom stereocenters. The van der Waals surface area contributed by atoms with E-state index in [0.717, 1.165) is 6.39 Å². The molecule has 0 aliphatic heterocycles. The van der Waals surface area contributed by atoms with Crippen LogP contribution in [-0.2, 0) is 4.79 Å². The molecule has 0 spiro atoms. The first kappa shape index (κ1) is 18.6. The van der Waals surface area contributed by atoms with Gasteiger partial charge in [-0.25, -0.2) is 4.98 Å². The van der Waals surface area contributed by atoms with Gasteiger partial charge in [0.1, 0.15) is 12.4 Å². The van der Waals surface area contributed by atoms with Gasteiger partial charge in [-0.05, 0) is 35.8 Å². The molecule has 1 aromatic carbocycles. The molecule has 2 rings (SSSR count). The molecule has 1 aromatic heterocycles. The van der Waals surface area contributed by atoms with Crippen LogP contribution in [0.5, 0.6) is 5.75 Å². The average molecular weight is 361 g/mol. The van der Waals surface area contributed by atoms with Crippen molar-refractivity contribution in [2.45, 2.75) is 19.8 Å². The van der Waals surface area contributed by atoms with Crippen molar-refractivity contribution < 1.29 is 18.7 Å². The number of hydrogen-bond acceptors (Lipinski definition) is 6. The second kappa shape index (κ2) is 8.93. The number of thiocarbonyl (C=S) groups is 1. The monoisotopic (exact) mass is 361 g/mol. The van der Waals surface area contributed by atoms with E-state index in [9.17, 15) is 9.59 Å². The number of benzene rings is 1. The molecule has 0 bridgehead atoms. The molecule has 132 valence electrons. The predicted molar refractivity (Wildman–Crippen MR) is 95.6 cm³/mol. The lowest BCUT2D eigenvalue weighted by atomic mass is 10.0. The highest BCUT2D eigenvalue weighted by molar-refractivity contribution is 7.80. The summed E-state index contributed by atoms with van der Waals surface area (Å²) < 4.78 is 10.3. The molecule has 0 fully saturated rings. The maximum absolute atomic E-state index is 11.8. The number of carbonyl (C=O) groups excluding carboxylic acids is 2. The molecule has 2 aromatic rings. The fourth-order valence-corrected chi connectivity index (χ4v) is 2.04. The first-order valence-electron chi connectivity index (χ1n) is 7.68. The van der Waals surface area contributed by atoms with E-state index >= 15 is 0 Å². The van der Waals surface area contributed by atoms with Gasteiger partial charge in [0.05, 0.1) is 12.7 Å².